The van der Waals surface area contributed by atoms with Crippen molar-refractivity contribution in [3.8, 4) is 0 Å². The molecule has 1 N–H and O–H groups in total. The fourth-order valence-electron chi connectivity index (χ4n) is 1.93. The third-order valence-corrected chi connectivity index (χ3v) is 2.76. The van der Waals surface area contributed by atoms with Crippen LogP contribution in [-0.4, -0.2) is 32.1 Å². The van der Waals surface area contributed by atoms with Gasteiger partial charge in [-0.1, -0.05) is 38.1 Å². The van der Waals surface area contributed by atoms with Crippen molar-refractivity contribution in [2.75, 3.05) is 27.2 Å². The molecular formula is C14H24N2. The van der Waals surface area contributed by atoms with Crippen LogP contribution in [0.3, 0.4) is 0 Å². The fraction of sp³-hybridized carbons (Fsp3) is 0.571. The van der Waals surface area contributed by atoms with Crippen molar-refractivity contribution in [1.29, 1.82) is 0 Å². The summed E-state index contributed by atoms with van der Waals surface area (Å²) in [4.78, 5) is 2.23. The smallest absolute Gasteiger partial charge is 0.0449 e. The highest BCUT2D eigenvalue weighted by molar-refractivity contribution is 5.26. The summed E-state index contributed by atoms with van der Waals surface area (Å²) in [6.45, 7) is 6.41. The quantitative estimate of drug-likeness (QED) is 0.792. The van der Waals surface area contributed by atoms with Crippen LogP contribution in [0, 0.1) is 0 Å². The zero-order valence-electron chi connectivity index (χ0n) is 11.0. The third-order valence-electron chi connectivity index (χ3n) is 2.76. The van der Waals surface area contributed by atoms with E-state index in [2.05, 4.69) is 62.4 Å². The minimum atomic E-state index is 0.437. The SMILES string of the molecule is CCNC(CN(C)C)c1cccc(CC)c1. The van der Waals surface area contributed by atoms with Gasteiger partial charge in [0, 0.05) is 12.6 Å². The molecule has 1 rings (SSSR count). The second kappa shape index (κ2) is 6.66. The van der Waals surface area contributed by atoms with E-state index in [1.54, 1.807) is 0 Å². The zero-order chi connectivity index (χ0) is 12.0. The number of nitrogens with zero attached hydrogens (tertiary/aromatic N) is 1. The highest BCUT2D eigenvalue weighted by Crippen LogP contribution is 2.15. The maximum absolute atomic E-state index is 3.54. The highest BCUT2D eigenvalue weighted by atomic mass is 15.1. The average molecular weight is 220 g/mol. The maximum Gasteiger partial charge on any atom is 0.0449 e. The van der Waals surface area contributed by atoms with E-state index in [0.29, 0.717) is 6.04 Å². The molecule has 90 valence electrons. The van der Waals surface area contributed by atoms with Gasteiger partial charge in [0.15, 0.2) is 0 Å². The van der Waals surface area contributed by atoms with Gasteiger partial charge in [-0.05, 0) is 38.2 Å². The van der Waals surface area contributed by atoms with E-state index in [1.807, 2.05) is 0 Å². The van der Waals surface area contributed by atoms with E-state index in [-0.39, 0.29) is 0 Å². The topological polar surface area (TPSA) is 15.3 Å². The van der Waals surface area contributed by atoms with E-state index < -0.39 is 0 Å². The first-order chi connectivity index (χ1) is 7.67. The average Bonchev–Trinajstić information content (AvgIpc) is 2.28. The van der Waals surface area contributed by atoms with Crippen LogP contribution in [0.2, 0.25) is 0 Å². The van der Waals surface area contributed by atoms with Gasteiger partial charge < -0.3 is 10.2 Å². The molecule has 1 aromatic carbocycles. The summed E-state index contributed by atoms with van der Waals surface area (Å²) < 4.78 is 0. The Kier molecular flexibility index (Phi) is 5.50. The van der Waals surface area contributed by atoms with Gasteiger partial charge in [-0.25, -0.2) is 0 Å². The molecule has 0 bridgehead atoms. The molecule has 0 amide bonds. The Morgan fingerprint density at radius 1 is 1.25 bits per heavy atom. The Balaban J connectivity index is 2.82. The standard InChI is InChI=1S/C14H24N2/c1-5-12-8-7-9-13(10-12)14(15-6-2)11-16(3)4/h7-10,14-15H,5-6,11H2,1-4H3. The van der Waals surface area contributed by atoms with Gasteiger partial charge in [-0.2, -0.15) is 0 Å². The molecule has 0 saturated heterocycles. The van der Waals surface area contributed by atoms with Crippen molar-refractivity contribution in [1.82, 2.24) is 10.2 Å². The molecule has 2 heteroatoms. The molecule has 1 aromatic rings. The molecule has 0 fully saturated rings. The molecule has 0 aromatic heterocycles. The van der Waals surface area contributed by atoms with Crippen LogP contribution in [-0.2, 0) is 6.42 Å². The van der Waals surface area contributed by atoms with Crippen LogP contribution in [0.25, 0.3) is 0 Å². The Bertz CT molecular complexity index is 307. The van der Waals surface area contributed by atoms with Gasteiger partial charge in [-0.3, -0.25) is 0 Å². The number of nitrogens with one attached hydrogen (secondary N) is 1. The predicted octanol–water partition coefficient (Wildman–Crippen LogP) is 2.46. The van der Waals surface area contributed by atoms with Gasteiger partial charge in [0.2, 0.25) is 0 Å². The molecule has 0 spiro atoms. The van der Waals surface area contributed by atoms with Crippen molar-refractivity contribution in [2.24, 2.45) is 0 Å². The highest BCUT2D eigenvalue weighted by Gasteiger charge is 2.11. The van der Waals surface area contributed by atoms with Crippen molar-refractivity contribution in [3.63, 3.8) is 0 Å². The normalized spacial score (nSPS) is 13.1. The molecule has 16 heavy (non-hydrogen) atoms. The van der Waals surface area contributed by atoms with E-state index in [1.165, 1.54) is 11.1 Å². The molecular weight excluding hydrogens is 196 g/mol. The molecule has 0 saturated carbocycles. The monoisotopic (exact) mass is 220 g/mol. The number of aryl methyl sites for hydroxylation is 1. The van der Waals surface area contributed by atoms with E-state index in [0.717, 1.165) is 19.5 Å². The van der Waals surface area contributed by atoms with E-state index >= 15 is 0 Å². The summed E-state index contributed by atoms with van der Waals surface area (Å²) >= 11 is 0. The Morgan fingerprint density at radius 3 is 2.56 bits per heavy atom. The Morgan fingerprint density at radius 2 is 2.00 bits per heavy atom. The van der Waals surface area contributed by atoms with Crippen LogP contribution in [0.15, 0.2) is 24.3 Å². The fourth-order valence-corrected chi connectivity index (χ4v) is 1.93. The van der Waals surface area contributed by atoms with Gasteiger partial charge in [0.1, 0.15) is 0 Å². The lowest BCUT2D eigenvalue weighted by atomic mass is 10.0. The van der Waals surface area contributed by atoms with Crippen LogP contribution < -0.4 is 5.32 Å². The molecule has 0 radical (unpaired) electrons. The van der Waals surface area contributed by atoms with Crippen LogP contribution in [0.1, 0.15) is 31.0 Å². The minimum absolute atomic E-state index is 0.437. The second-order valence-electron chi connectivity index (χ2n) is 4.47. The molecule has 0 aliphatic heterocycles. The Labute approximate surface area is 99.7 Å². The van der Waals surface area contributed by atoms with Crippen LogP contribution >= 0.6 is 0 Å². The van der Waals surface area contributed by atoms with Gasteiger partial charge >= 0.3 is 0 Å². The molecule has 2 nitrogen and oxygen atoms in total. The molecule has 0 aliphatic carbocycles. The lowest BCUT2D eigenvalue weighted by Gasteiger charge is -2.22. The van der Waals surface area contributed by atoms with Crippen molar-refractivity contribution >= 4 is 0 Å². The minimum Gasteiger partial charge on any atom is -0.309 e. The summed E-state index contributed by atoms with van der Waals surface area (Å²) in [5.74, 6) is 0. The van der Waals surface area contributed by atoms with Gasteiger partial charge in [-0.15, -0.1) is 0 Å². The van der Waals surface area contributed by atoms with Gasteiger partial charge in [0.05, 0.1) is 0 Å². The summed E-state index contributed by atoms with van der Waals surface area (Å²) in [6, 6.07) is 9.33. The maximum atomic E-state index is 3.54. The van der Waals surface area contributed by atoms with E-state index in [9.17, 15) is 0 Å². The lowest BCUT2D eigenvalue weighted by molar-refractivity contribution is 0.345. The van der Waals surface area contributed by atoms with E-state index in [4.69, 9.17) is 0 Å². The predicted molar refractivity (Wildman–Crippen MR) is 70.8 cm³/mol. The first-order valence-corrected chi connectivity index (χ1v) is 6.14. The number of likely N-dealkylation sites (N-methyl/N-ethyl adjacent to an activating group) is 2. The largest absolute Gasteiger partial charge is 0.309 e. The lowest BCUT2D eigenvalue weighted by Crippen LogP contribution is -2.31. The van der Waals surface area contributed by atoms with Crippen LogP contribution in [0.5, 0.6) is 0 Å². The summed E-state index contributed by atoms with van der Waals surface area (Å²) in [6.07, 6.45) is 1.11. The summed E-state index contributed by atoms with van der Waals surface area (Å²) in [7, 11) is 4.24. The molecule has 1 unspecified atom stereocenters. The summed E-state index contributed by atoms with van der Waals surface area (Å²) in [5.41, 5.74) is 2.81. The van der Waals surface area contributed by atoms with Crippen molar-refractivity contribution < 1.29 is 0 Å². The first kappa shape index (κ1) is 13.2. The first-order valence-electron chi connectivity index (χ1n) is 6.14. The molecule has 1 atom stereocenters. The Hall–Kier alpha value is -0.860. The zero-order valence-corrected chi connectivity index (χ0v) is 11.0. The summed E-state index contributed by atoms with van der Waals surface area (Å²) in [5, 5.41) is 3.54. The third kappa shape index (κ3) is 3.95. The number of hydrogen-bond donors (Lipinski definition) is 1. The van der Waals surface area contributed by atoms with Gasteiger partial charge in [0.25, 0.3) is 0 Å². The molecule has 0 aliphatic rings. The number of benzene rings is 1. The molecule has 0 heterocycles. The van der Waals surface area contributed by atoms with Crippen molar-refractivity contribution in [2.45, 2.75) is 26.3 Å². The second-order valence-corrected chi connectivity index (χ2v) is 4.47. The number of rotatable bonds is 6. The van der Waals surface area contributed by atoms with Crippen LogP contribution in [0.4, 0.5) is 0 Å². The number of hydrogen-bond acceptors (Lipinski definition) is 2. The van der Waals surface area contributed by atoms with Crippen molar-refractivity contribution in [3.05, 3.63) is 35.4 Å².